The van der Waals surface area contributed by atoms with Gasteiger partial charge in [0.2, 0.25) is 0 Å². The van der Waals surface area contributed by atoms with Gasteiger partial charge in [-0.15, -0.1) is 0 Å². The standard InChI is InChI=1S/C20H23NO3/c1-4-24-19-13-16(8-10-18(19)23-3)20(22)21-11-5-6-15-12-14(2)7-9-17(15)21/h7-10,12-13H,4-6,11H2,1-3H3. The lowest BCUT2D eigenvalue weighted by Gasteiger charge is -2.30. The van der Waals surface area contributed by atoms with Gasteiger partial charge in [0.25, 0.3) is 5.91 Å². The maximum Gasteiger partial charge on any atom is 0.258 e. The van der Waals surface area contributed by atoms with Crippen LogP contribution in [0.15, 0.2) is 36.4 Å². The minimum Gasteiger partial charge on any atom is -0.493 e. The molecule has 126 valence electrons. The van der Waals surface area contributed by atoms with Crippen LogP contribution in [0.4, 0.5) is 5.69 Å². The summed E-state index contributed by atoms with van der Waals surface area (Å²) in [4.78, 5) is 14.9. The summed E-state index contributed by atoms with van der Waals surface area (Å²) in [6.45, 7) is 5.26. The Labute approximate surface area is 143 Å². The first kappa shape index (κ1) is 16.4. The molecule has 0 fully saturated rings. The van der Waals surface area contributed by atoms with E-state index >= 15 is 0 Å². The van der Waals surface area contributed by atoms with Crippen LogP contribution >= 0.6 is 0 Å². The van der Waals surface area contributed by atoms with E-state index in [1.54, 1.807) is 25.3 Å². The van der Waals surface area contributed by atoms with Gasteiger partial charge in [0.05, 0.1) is 13.7 Å². The second-order valence-corrected chi connectivity index (χ2v) is 5.99. The number of carbonyl (C=O) groups excluding carboxylic acids is 1. The van der Waals surface area contributed by atoms with Crippen molar-refractivity contribution in [1.29, 1.82) is 0 Å². The highest BCUT2D eigenvalue weighted by Crippen LogP contribution is 2.32. The van der Waals surface area contributed by atoms with E-state index in [9.17, 15) is 4.79 Å². The number of anilines is 1. The van der Waals surface area contributed by atoms with Crippen LogP contribution in [0.3, 0.4) is 0 Å². The van der Waals surface area contributed by atoms with Gasteiger partial charge >= 0.3 is 0 Å². The zero-order valence-electron chi connectivity index (χ0n) is 14.5. The molecule has 0 unspecified atom stereocenters. The molecule has 1 aliphatic rings. The minimum absolute atomic E-state index is 0.00316. The summed E-state index contributed by atoms with van der Waals surface area (Å²) in [5, 5.41) is 0. The Kier molecular flexibility index (Phi) is 4.74. The molecule has 0 radical (unpaired) electrons. The highest BCUT2D eigenvalue weighted by molar-refractivity contribution is 6.07. The number of ether oxygens (including phenoxy) is 2. The van der Waals surface area contributed by atoms with E-state index < -0.39 is 0 Å². The van der Waals surface area contributed by atoms with Crippen molar-refractivity contribution >= 4 is 11.6 Å². The molecule has 3 rings (SSSR count). The molecule has 2 aromatic rings. The molecule has 0 saturated heterocycles. The quantitative estimate of drug-likeness (QED) is 0.853. The van der Waals surface area contributed by atoms with Crippen molar-refractivity contribution in [3.63, 3.8) is 0 Å². The molecule has 2 aromatic carbocycles. The van der Waals surface area contributed by atoms with E-state index in [1.165, 1.54) is 11.1 Å². The molecule has 0 bridgehead atoms. The van der Waals surface area contributed by atoms with Crippen LogP contribution in [0.1, 0.15) is 34.8 Å². The third-order valence-electron chi connectivity index (χ3n) is 4.31. The molecule has 0 saturated carbocycles. The third kappa shape index (κ3) is 3.09. The Balaban J connectivity index is 1.94. The number of amides is 1. The number of hydrogen-bond acceptors (Lipinski definition) is 3. The highest BCUT2D eigenvalue weighted by Gasteiger charge is 2.24. The van der Waals surface area contributed by atoms with Crippen LogP contribution in [0.2, 0.25) is 0 Å². The molecule has 0 atom stereocenters. The Morgan fingerprint density at radius 3 is 2.75 bits per heavy atom. The van der Waals surface area contributed by atoms with E-state index in [-0.39, 0.29) is 5.91 Å². The fraction of sp³-hybridized carbons (Fsp3) is 0.350. The van der Waals surface area contributed by atoms with E-state index in [2.05, 4.69) is 25.1 Å². The molecule has 0 aromatic heterocycles. The summed E-state index contributed by atoms with van der Waals surface area (Å²) < 4.78 is 10.9. The number of rotatable bonds is 4. The largest absolute Gasteiger partial charge is 0.493 e. The van der Waals surface area contributed by atoms with Crippen molar-refractivity contribution in [3.05, 3.63) is 53.1 Å². The van der Waals surface area contributed by atoms with Gasteiger partial charge < -0.3 is 14.4 Å². The predicted octanol–water partition coefficient (Wildman–Crippen LogP) is 4.00. The van der Waals surface area contributed by atoms with Gasteiger partial charge in [-0.3, -0.25) is 4.79 Å². The SMILES string of the molecule is CCOc1cc(C(=O)N2CCCc3cc(C)ccc32)ccc1OC. The molecule has 24 heavy (non-hydrogen) atoms. The molecule has 4 nitrogen and oxygen atoms in total. The smallest absolute Gasteiger partial charge is 0.258 e. The van der Waals surface area contributed by atoms with Gasteiger partial charge in [0.15, 0.2) is 11.5 Å². The van der Waals surface area contributed by atoms with Gasteiger partial charge in [0.1, 0.15) is 0 Å². The van der Waals surface area contributed by atoms with Gasteiger partial charge in [-0.2, -0.15) is 0 Å². The maximum atomic E-state index is 13.0. The lowest BCUT2D eigenvalue weighted by atomic mass is 9.99. The summed E-state index contributed by atoms with van der Waals surface area (Å²) >= 11 is 0. The van der Waals surface area contributed by atoms with Crippen molar-refractivity contribution in [2.75, 3.05) is 25.2 Å². The van der Waals surface area contributed by atoms with Crippen molar-refractivity contribution in [2.24, 2.45) is 0 Å². The number of nitrogens with zero attached hydrogens (tertiary/aromatic N) is 1. The van der Waals surface area contributed by atoms with Crippen LogP contribution in [0.5, 0.6) is 11.5 Å². The molecule has 0 aliphatic carbocycles. The summed E-state index contributed by atoms with van der Waals surface area (Å²) in [5.74, 6) is 1.25. The number of carbonyl (C=O) groups is 1. The van der Waals surface area contributed by atoms with Crippen molar-refractivity contribution in [3.8, 4) is 11.5 Å². The number of fused-ring (bicyclic) bond motifs is 1. The lowest BCUT2D eigenvalue weighted by molar-refractivity contribution is 0.0984. The van der Waals surface area contributed by atoms with Gasteiger partial charge in [-0.05, 0) is 56.5 Å². The average Bonchev–Trinajstić information content (AvgIpc) is 2.60. The Morgan fingerprint density at radius 1 is 1.17 bits per heavy atom. The molecule has 1 amide bonds. The Hall–Kier alpha value is -2.49. The molecule has 1 heterocycles. The second kappa shape index (κ2) is 6.95. The summed E-state index contributed by atoms with van der Waals surface area (Å²) in [7, 11) is 1.60. The zero-order valence-corrected chi connectivity index (χ0v) is 14.5. The summed E-state index contributed by atoms with van der Waals surface area (Å²) in [6, 6.07) is 11.6. The van der Waals surface area contributed by atoms with Crippen molar-refractivity contribution in [2.45, 2.75) is 26.7 Å². The fourth-order valence-electron chi connectivity index (χ4n) is 3.17. The van der Waals surface area contributed by atoms with Gasteiger partial charge in [-0.1, -0.05) is 17.7 Å². The number of benzene rings is 2. The normalized spacial score (nSPS) is 13.4. The van der Waals surface area contributed by atoms with Crippen LogP contribution in [0, 0.1) is 6.92 Å². The number of methoxy groups -OCH3 is 1. The minimum atomic E-state index is 0.00316. The zero-order chi connectivity index (χ0) is 17.1. The summed E-state index contributed by atoms with van der Waals surface area (Å²) in [5.41, 5.74) is 4.11. The fourth-order valence-corrected chi connectivity index (χ4v) is 3.17. The average molecular weight is 325 g/mol. The predicted molar refractivity (Wildman–Crippen MR) is 95.3 cm³/mol. The highest BCUT2D eigenvalue weighted by atomic mass is 16.5. The molecular weight excluding hydrogens is 302 g/mol. The lowest BCUT2D eigenvalue weighted by Crippen LogP contribution is -2.35. The first-order chi connectivity index (χ1) is 11.6. The Morgan fingerprint density at radius 2 is 2.00 bits per heavy atom. The van der Waals surface area contributed by atoms with Crippen LogP contribution < -0.4 is 14.4 Å². The van der Waals surface area contributed by atoms with Gasteiger partial charge in [0, 0.05) is 17.8 Å². The first-order valence-electron chi connectivity index (χ1n) is 8.36. The van der Waals surface area contributed by atoms with Crippen LogP contribution in [-0.2, 0) is 6.42 Å². The second-order valence-electron chi connectivity index (χ2n) is 5.99. The monoisotopic (exact) mass is 325 g/mol. The maximum absolute atomic E-state index is 13.0. The van der Waals surface area contributed by atoms with Crippen molar-refractivity contribution < 1.29 is 14.3 Å². The van der Waals surface area contributed by atoms with Crippen LogP contribution in [-0.4, -0.2) is 26.2 Å². The molecule has 1 aliphatic heterocycles. The molecule has 0 N–H and O–H groups in total. The number of aryl methyl sites for hydroxylation is 2. The van der Waals surface area contributed by atoms with Gasteiger partial charge in [-0.25, -0.2) is 0 Å². The molecule has 4 heteroatoms. The topological polar surface area (TPSA) is 38.8 Å². The van der Waals surface area contributed by atoms with Crippen molar-refractivity contribution in [1.82, 2.24) is 0 Å². The Bertz CT molecular complexity index is 755. The number of hydrogen-bond donors (Lipinski definition) is 0. The van der Waals surface area contributed by atoms with E-state index in [4.69, 9.17) is 9.47 Å². The summed E-state index contributed by atoms with van der Waals surface area (Å²) in [6.07, 6.45) is 2.00. The van der Waals surface area contributed by atoms with E-state index in [0.29, 0.717) is 23.7 Å². The first-order valence-corrected chi connectivity index (χ1v) is 8.36. The third-order valence-corrected chi connectivity index (χ3v) is 4.31. The van der Waals surface area contributed by atoms with E-state index in [0.717, 1.165) is 25.1 Å². The van der Waals surface area contributed by atoms with E-state index in [1.807, 2.05) is 11.8 Å². The molecular formula is C20H23NO3. The van der Waals surface area contributed by atoms with Crippen LogP contribution in [0.25, 0.3) is 0 Å². The molecule has 0 spiro atoms.